The number of carbonyl (C=O) groups is 1. The second-order valence-electron chi connectivity index (χ2n) is 5.24. The summed E-state index contributed by atoms with van der Waals surface area (Å²) in [7, 11) is 1.59. The lowest BCUT2D eigenvalue weighted by molar-refractivity contribution is -0.127. The van der Waals surface area contributed by atoms with Crippen molar-refractivity contribution >= 4 is 33.2 Å². The summed E-state index contributed by atoms with van der Waals surface area (Å²) in [5.74, 6) is -0.291. The predicted molar refractivity (Wildman–Crippen MR) is 96.5 cm³/mol. The lowest BCUT2D eigenvalue weighted by Crippen LogP contribution is -2.29. The third kappa shape index (κ3) is 3.72. The average molecular weight is 389 g/mol. The van der Waals surface area contributed by atoms with E-state index in [1.165, 1.54) is 0 Å². The van der Waals surface area contributed by atoms with Gasteiger partial charge in [0.15, 0.2) is 0 Å². The maximum Gasteiger partial charge on any atom is 0.276 e. The summed E-state index contributed by atoms with van der Waals surface area (Å²) in [4.78, 5) is 17.0. The first kappa shape index (κ1) is 16.8. The van der Waals surface area contributed by atoms with E-state index < -0.39 is 6.23 Å². The van der Waals surface area contributed by atoms with Gasteiger partial charge in [0.1, 0.15) is 0 Å². The van der Waals surface area contributed by atoms with Gasteiger partial charge in [0, 0.05) is 22.7 Å². The molecular weight excluding hydrogens is 372 g/mol. The SMILES string of the molecule is COCCO[C@H]1N=C(c2ccccc2)c2cc(Br)ccc2NC1=O. The fourth-order valence-electron chi connectivity index (χ4n) is 2.44. The molecule has 0 aromatic heterocycles. The summed E-state index contributed by atoms with van der Waals surface area (Å²) in [6.45, 7) is 0.693. The highest BCUT2D eigenvalue weighted by Gasteiger charge is 2.26. The number of hydrogen-bond acceptors (Lipinski definition) is 4. The molecule has 0 saturated heterocycles. The fraction of sp³-hybridized carbons (Fsp3) is 0.222. The van der Waals surface area contributed by atoms with Crippen molar-refractivity contribution < 1.29 is 14.3 Å². The standard InChI is InChI=1S/C18H17BrN2O3/c1-23-9-10-24-18-17(22)20-15-8-7-13(19)11-14(15)16(21-18)12-5-3-2-4-6-12/h2-8,11,18H,9-10H2,1H3,(H,20,22)/t18-/m1/s1. The molecule has 0 radical (unpaired) electrons. The van der Waals surface area contributed by atoms with Gasteiger partial charge >= 0.3 is 0 Å². The first-order valence-corrected chi connectivity index (χ1v) is 8.33. The summed E-state index contributed by atoms with van der Waals surface area (Å²) in [5.41, 5.74) is 3.20. The molecule has 3 rings (SSSR count). The minimum Gasteiger partial charge on any atom is -0.382 e. The maximum atomic E-state index is 12.4. The zero-order valence-electron chi connectivity index (χ0n) is 13.2. The van der Waals surface area contributed by atoms with Gasteiger partial charge in [-0.1, -0.05) is 46.3 Å². The molecule has 1 aliphatic rings. The van der Waals surface area contributed by atoms with Crippen molar-refractivity contribution in [3.8, 4) is 0 Å². The molecule has 1 aliphatic heterocycles. The number of amides is 1. The molecule has 24 heavy (non-hydrogen) atoms. The van der Waals surface area contributed by atoms with Crippen LogP contribution in [0.25, 0.3) is 0 Å². The number of benzodiazepines with no additional fused rings is 1. The number of carbonyl (C=O) groups excluding carboxylic acids is 1. The molecule has 1 N–H and O–H groups in total. The Bertz CT molecular complexity index is 762. The third-order valence-corrected chi connectivity index (χ3v) is 4.07. The van der Waals surface area contributed by atoms with Crippen molar-refractivity contribution in [2.75, 3.05) is 25.6 Å². The van der Waals surface area contributed by atoms with Crippen LogP contribution in [-0.4, -0.2) is 38.2 Å². The Kier molecular flexibility index (Phi) is 5.40. The minimum atomic E-state index is -0.915. The molecule has 1 amide bonds. The van der Waals surface area contributed by atoms with Crippen molar-refractivity contribution in [2.45, 2.75) is 6.23 Å². The van der Waals surface area contributed by atoms with Crippen molar-refractivity contribution in [2.24, 2.45) is 4.99 Å². The van der Waals surface area contributed by atoms with E-state index in [0.29, 0.717) is 24.6 Å². The number of rotatable bonds is 5. The Morgan fingerprint density at radius 3 is 2.71 bits per heavy atom. The van der Waals surface area contributed by atoms with Crippen molar-refractivity contribution in [3.63, 3.8) is 0 Å². The molecule has 0 bridgehead atoms. The van der Waals surface area contributed by atoms with E-state index in [0.717, 1.165) is 15.6 Å². The first-order chi connectivity index (χ1) is 11.7. The van der Waals surface area contributed by atoms with Crippen molar-refractivity contribution in [1.82, 2.24) is 0 Å². The molecule has 0 aliphatic carbocycles. The van der Waals surface area contributed by atoms with Crippen LogP contribution in [-0.2, 0) is 14.3 Å². The van der Waals surface area contributed by atoms with E-state index in [1.807, 2.05) is 48.5 Å². The Balaban J connectivity index is 2.06. The van der Waals surface area contributed by atoms with E-state index in [1.54, 1.807) is 7.11 Å². The number of methoxy groups -OCH3 is 1. The molecule has 0 fully saturated rings. The number of benzene rings is 2. The molecule has 1 heterocycles. The smallest absolute Gasteiger partial charge is 0.276 e. The number of nitrogens with zero attached hydrogens (tertiary/aromatic N) is 1. The Hall–Kier alpha value is -2.02. The van der Waals surface area contributed by atoms with E-state index in [9.17, 15) is 4.79 Å². The fourth-order valence-corrected chi connectivity index (χ4v) is 2.80. The van der Waals surface area contributed by atoms with Gasteiger partial charge in [-0.2, -0.15) is 0 Å². The number of ether oxygens (including phenoxy) is 2. The van der Waals surface area contributed by atoms with Crippen LogP contribution in [0.2, 0.25) is 0 Å². The predicted octanol–water partition coefficient (Wildman–Crippen LogP) is 3.23. The van der Waals surface area contributed by atoms with Gasteiger partial charge in [-0.15, -0.1) is 0 Å². The number of fused-ring (bicyclic) bond motifs is 1. The number of hydrogen-bond donors (Lipinski definition) is 1. The molecule has 5 nitrogen and oxygen atoms in total. The van der Waals surface area contributed by atoms with Gasteiger partial charge in [0.05, 0.1) is 24.6 Å². The van der Waals surface area contributed by atoms with Gasteiger partial charge in [-0.05, 0) is 18.2 Å². The molecule has 6 heteroatoms. The average Bonchev–Trinajstić information content (AvgIpc) is 2.73. The second-order valence-corrected chi connectivity index (χ2v) is 6.15. The van der Waals surface area contributed by atoms with Crippen molar-refractivity contribution in [3.05, 3.63) is 64.1 Å². The van der Waals surface area contributed by atoms with E-state index >= 15 is 0 Å². The zero-order valence-corrected chi connectivity index (χ0v) is 14.7. The molecule has 2 aromatic rings. The summed E-state index contributed by atoms with van der Waals surface area (Å²) in [5, 5.41) is 2.89. The van der Waals surface area contributed by atoms with Crippen molar-refractivity contribution in [1.29, 1.82) is 0 Å². The largest absolute Gasteiger partial charge is 0.382 e. The zero-order chi connectivity index (χ0) is 16.9. The Labute approximate surface area is 148 Å². The summed E-state index contributed by atoms with van der Waals surface area (Å²) in [6.07, 6.45) is -0.915. The Morgan fingerprint density at radius 2 is 1.96 bits per heavy atom. The molecule has 2 aromatic carbocycles. The van der Waals surface area contributed by atoms with Gasteiger partial charge < -0.3 is 14.8 Å². The third-order valence-electron chi connectivity index (χ3n) is 3.58. The summed E-state index contributed by atoms with van der Waals surface area (Å²) in [6, 6.07) is 15.4. The molecule has 0 spiro atoms. The number of anilines is 1. The van der Waals surface area contributed by atoms with E-state index in [4.69, 9.17) is 9.47 Å². The maximum absolute atomic E-state index is 12.4. The quantitative estimate of drug-likeness (QED) is 0.799. The van der Waals surface area contributed by atoms with Crippen LogP contribution < -0.4 is 5.32 Å². The lowest BCUT2D eigenvalue weighted by Gasteiger charge is -2.12. The highest BCUT2D eigenvalue weighted by Crippen LogP contribution is 2.27. The lowest BCUT2D eigenvalue weighted by atomic mass is 10.0. The second kappa shape index (κ2) is 7.70. The number of aliphatic imine (C=N–C) groups is 1. The molecule has 0 saturated carbocycles. The van der Waals surface area contributed by atoms with Crippen LogP contribution >= 0.6 is 15.9 Å². The normalized spacial score (nSPS) is 16.8. The summed E-state index contributed by atoms with van der Waals surface area (Å²) < 4.78 is 11.5. The summed E-state index contributed by atoms with van der Waals surface area (Å²) >= 11 is 3.48. The number of nitrogens with one attached hydrogen (secondary N) is 1. The van der Waals surface area contributed by atoms with Crippen LogP contribution in [0.15, 0.2) is 58.0 Å². The van der Waals surface area contributed by atoms with Gasteiger partial charge in [-0.25, -0.2) is 4.99 Å². The molecule has 0 unspecified atom stereocenters. The highest BCUT2D eigenvalue weighted by molar-refractivity contribution is 9.10. The van der Waals surface area contributed by atoms with Crippen LogP contribution in [0.4, 0.5) is 5.69 Å². The molecule has 1 atom stereocenters. The number of halogens is 1. The van der Waals surface area contributed by atoms with E-state index in [-0.39, 0.29) is 5.91 Å². The van der Waals surface area contributed by atoms with Gasteiger partial charge in [0.2, 0.25) is 6.23 Å². The first-order valence-electron chi connectivity index (χ1n) is 7.53. The van der Waals surface area contributed by atoms with Crippen LogP contribution in [0.1, 0.15) is 11.1 Å². The van der Waals surface area contributed by atoms with E-state index in [2.05, 4.69) is 26.2 Å². The topological polar surface area (TPSA) is 59.9 Å². The van der Waals surface area contributed by atoms with Gasteiger partial charge in [0.25, 0.3) is 5.91 Å². The molecular formula is C18H17BrN2O3. The van der Waals surface area contributed by atoms with Crippen LogP contribution in [0.5, 0.6) is 0 Å². The minimum absolute atomic E-state index is 0.291. The monoisotopic (exact) mass is 388 g/mol. The Morgan fingerprint density at radius 1 is 1.17 bits per heavy atom. The van der Waals surface area contributed by atoms with Gasteiger partial charge in [-0.3, -0.25) is 4.79 Å². The van der Waals surface area contributed by atoms with Crippen LogP contribution in [0.3, 0.4) is 0 Å². The highest BCUT2D eigenvalue weighted by atomic mass is 79.9. The molecule has 124 valence electrons. The van der Waals surface area contributed by atoms with Crippen LogP contribution in [0, 0.1) is 0 Å².